The summed E-state index contributed by atoms with van der Waals surface area (Å²) < 4.78 is 20.6. The smallest absolute Gasteiger partial charge is 0.227 e. The van der Waals surface area contributed by atoms with Gasteiger partial charge in [-0.25, -0.2) is 4.39 Å². The highest BCUT2D eigenvalue weighted by Crippen LogP contribution is 2.39. The SMILES string of the molecule is O=C(Cc1c(F)cccc1Cl)N1CCC2(CCCCc3ccccc3OCCN(Cc3ccccn3)C2)CC1. The molecule has 2 aliphatic heterocycles. The molecular formula is C32H37ClFN3O2. The van der Waals surface area contributed by atoms with E-state index in [9.17, 15) is 9.18 Å². The highest BCUT2D eigenvalue weighted by atomic mass is 35.5. The number of benzene rings is 2. The van der Waals surface area contributed by atoms with Gasteiger partial charge in [-0.15, -0.1) is 0 Å². The number of ether oxygens (including phenoxy) is 1. The summed E-state index contributed by atoms with van der Waals surface area (Å²) in [6.07, 6.45) is 8.08. The van der Waals surface area contributed by atoms with Crippen molar-refractivity contribution in [1.29, 1.82) is 0 Å². The topological polar surface area (TPSA) is 45.7 Å². The largest absolute Gasteiger partial charge is 0.492 e. The van der Waals surface area contributed by atoms with Gasteiger partial charge in [0.15, 0.2) is 0 Å². The summed E-state index contributed by atoms with van der Waals surface area (Å²) in [6.45, 7) is 4.50. The van der Waals surface area contributed by atoms with Crippen LogP contribution in [0.1, 0.15) is 48.9 Å². The summed E-state index contributed by atoms with van der Waals surface area (Å²) in [5, 5.41) is 0.310. The van der Waals surface area contributed by atoms with Gasteiger partial charge in [0.2, 0.25) is 5.91 Å². The van der Waals surface area contributed by atoms with Crippen molar-refractivity contribution in [3.05, 3.63) is 94.5 Å². The number of fused-ring (bicyclic) bond motifs is 1. The molecule has 1 amide bonds. The van der Waals surface area contributed by atoms with E-state index < -0.39 is 5.82 Å². The Bertz CT molecular complexity index is 1230. The lowest BCUT2D eigenvalue weighted by atomic mass is 9.73. The third kappa shape index (κ3) is 7.17. The van der Waals surface area contributed by atoms with Crippen LogP contribution < -0.4 is 4.74 Å². The van der Waals surface area contributed by atoms with Crippen LogP contribution in [-0.2, 0) is 24.2 Å². The summed E-state index contributed by atoms with van der Waals surface area (Å²) in [4.78, 5) is 22.1. The Morgan fingerprint density at radius 3 is 2.59 bits per heavy atom. The number of piperidine rings is 1. The molecule has 0 radical (unpaired) electrons. The maximum Gasteiger partial charge on any atom is 0.227 e. The third-order valence-corrected chi connectivity index (χ3v) is 8.63. The maximum atomic E-state index is 14.3. The Labute approximate surface area is 235 Å². The second-order valence-corrected chi connectivity index (χ2v) is 11.4. The van der Waals surface area contributed by atoms with Crippen molar-refractivity contribution in [3.8, 4) is 5.75 Å². The molecule has 39 heavy (non-hydrogen) atoms. The number of nitrogens with zero attached hydrogens (tertiary/aromatic N) is 3. The average molecular weight is 550 g/mol. The van der Waals surface area contributed by atoms with E-state index in [4.69, 9.17) is 16.3 Å². The first-order valence-corrected chi connectivity index (χ1v) is 14.4. The van der Waals surface area contributed by atoms with Gasteiger partial charge in [0.25, 0.3) is 0 Å². The minimum Gasteiger partial charge on any atom is -0.492 e. The Morgan fingerprint density at radius 1 is 0.974 bits per heavy atom. The van der Waals surface area contributed by atoms with Crippen molar-refractivity contribution < 1.29 is 13.9 Å². The van der Waals surface area contributed by atoms with Crippen LogP contribution >= 0.6 is 11.6 Å². The fraction of sp³-hybridized carbons (Fsp3) is 0.438. The van der Waals surface area contributed by atoms with Crippen molar-refractivity contribution in [2.75, 3.05) is 32.8 Å². The lowest BCUT2D eigenvalue weighted by Crippen LogP contribution is -2.49. The third-order valence-electron chi connectivity index (χ3n) is 8.28. The molecule has 1 aromatic heterocycles. The monoisotopic (exact) mass is 549 g/mol. The zero-order valence-corrected chi connectivity index (χ0v) is 23.2. The molecule has 1 spiro atoms. The Kier molecular flexibility index (Phi) is 9.15. The Balaban J connectivity index is 1.30. The van der Waals surface area contributed by atoms with Gasteiger partial charge in [0.1, 0.15) is 18.2 Å². The normalized spacial score (nSPS) is 18.5. The summed E-state index contributed by atoms with van der Waals surface area (Å²) in [5.74, 6) is 0.519. The zero-order valence-electron chi connectivity index (χ0n) is 22.5. The van der Waals surface area contributed by atoms with Crippen molar-refractivity contribution in [2.45, 2.75) is 51.5 Å². The summed E-state index contributed by atoms with van der Waals surface area (Å²) in [6, 6.07) is 19.0. The van der Waals surface area contributed by atoms with Crippen LogP contribution in [0.15, 0.2) is 66.9 Å². The lowest BCUT2D eigenvalue weighted by Gasteiger charge is -2.45. The molecule has 3 heterocycles. The van der Waals surface area contributed by atoms with Crippen molar-refractivity contribution >= 4 is 17.5 Å². The van der Waals surface area contributed by atoms with Crippen molar-refractivity contribution in [2.24, 2.45) is 5.41 Å². The number of carbonyl (C=O) groups is 1. The molecule has 1 saturated heterocycles. The average Bonchev–Trinajstić information content (AvgIpc) is 2.94. The van der Waals surface area contributed by atoms with Gasteiger partial charge < -0.3 is 9.64 Å². The molecule has 206 valence electrons. The standard InChI is InChI=1S/C32H37ClFN3O2/c33-28-11-7-12-29(34)27(28)22-31(38)37-18-15-32(16-19-37)14-5-3-9-25-8-1-2-13-30(25)39-21-20-36(24-32)23-26-10-4-6-17-35-26/h1-2,4,6-8,10-13,17H,3,5,9,14-16,18-24H2. The Morgan fingerprint density at radius 2 is 1.79 bits per heavy atom. The predicted octanol–water partition coefficient (Wildman–Crippen LogP) is 6.33. The molecular weight excluding hydrogens is 513 g/mol. The number of pyridine rings is 1. The van der Waals surface area contributed by atoms with E-state index in [2.05, 4.69) is 34.1 Å². The summed E-state index contributed by atoms with van der Waals surface area (Å²) >= 11 is 6.20. The molecule has 3 aromatic rings. The van der Waals surface area contributed by atoms with Gasteiger partial charge in [0, 0.05) is 49.5 Å². The molecule has 2 aromatic carbocycles. The van der Waals surface area contributed by atoms with Gasteiger partial charge in [0.05, 0.1) is 12.1 Å². The second kappa shape index (κ2) is 12.9. The van der Waals surface area contributed by atoms with E-state index in [1.54, 1.807) is 12.1 Å². The first kappa shape index (κ1) is 27.6. The zero-order chi connectivity index (χ0) is 27.1. The molecule has 1 fully saturated rings. The molecule has 0 saturated carbocycles. The van der Waals surface area contributed by atoms with Crippen LogP contribution in [0.4, 0.5) is 4.39 Å². The highest BCUT2D eigenvalue weighted by Gasteiger charge is 2.37. The lowest BCUT2D eigenvalue weighted by molar-refractivity contribution is -0.133. The number of halogens is 2. The number of hydrogen-bond donors (Lipinski definition) is 0. The molecule has 0 N–H and O–H groups in total. The van der Waals surface area contributed by atoms with Crippen LogP contribution in [0.2, 0.25) is 5.02 Å². The van der Waals surface area contributed by atoms with E-state index in [0.29, 0.717) is 24.7 Å². The fourth-order valence-electron chi connectivity index (χ4n) is 6.04. The minimum absolute atomic E-state index is 0.00105. The molecule has 2 aliphatic rings. The predicted molar refractivity (Wildman–Crippen MR) is 152 cm³/mol. The van der Waals surface area contributed by atoms with Gasteiger partial charge in [-0.1, -0.05) is 48.4 Å². The van der Waals surface area contributed by atoms with E-state index >= 15 is 0 Å². The minimum atomic E-state index is -0.419. The van der Waals surface area contributed by atoms with Crippen LogP contribution in [0, 0.1) is 11.2 Å². The summed E-state index contributed by atoms with van der Waals surface area (Å²) in [5.41, 5.74) is 2.72. The van der Waals surface area contributed by atoms with Gasteiger partial charge in [-0.3, -0.25) is 14.7 Å². The molecule has 7 heteroatoms. The van der Waals surface area contributed by atoms with E-state index in [-0.39, 0.29) is 23.3 Å². The molecule has 0 unspecified atom stereocenters. The van der Waals surface area contributed by atoms with E-state index in [0.717, 1.165) is 69.6 Å². The van der Waals surface area contributed by atoms with E-state index in [1.165, 1.54) is 11.6 Å². The fourth-order valence-corrected chi connectivity index (χ4v) is 6.27. The number of amides is 1. The van der Waals surface area contributed by atoms with Crippen LogP contribution in [0.3, 0.4) is 0 Å². The number of carbonyl (C=O) groups excluding carboxylic acids is 1. The second-order valence-electron chi connectivity index (χ2n) is 11.0. The van der Waals surface area contributed by atoms with Crippen LogP contribution in [0.5, 0.6) is 5.75 Å². The quantitative estimate of drug-likeness (QED) is 0.381. The van der Waals surface area contributed by atoms with Crippen LogP contribution in [0.25, 0.3) is 0 Å². The van der Waals surface area contributed by atoms with E-state index in [1.807, 2.05) is 29.3 Å². The number of rotatable bonds is 4. The highest BCUT2D eigenvalue weighted by molar-refractivity contribution is 6.31. The Hall–Kier alpha value is -2.96. The number of aromatic nitrogens is 1. The molecule has 0 atom stereocenters. The molecule has 0 aliphatic carbocycles. The summed E-state index contributed by atoms with van der Waals surface area (Å²) in [7, 11) is 0. The van der Waals surface area contributed by atoms with Gasteiger partial charge >= 0.3 is 0 Å². The number of aryl methyl sites for hydroxylation is 1. The maximum absolute atomic E-state index is 14.3. The number of hydrogen-bond acceptors (Lipinski definition) is 4. The first-order valence-electron chi connectivity index (χ1n) is 14.0. The van der Waals surface area contributed by atoms with Crippen molar-refractivity contribution in [3.63, 3.8) is 0 Å². The number of likely N-dealkylation sites (tertiary alicyclic amines) is 1. The molecule has 5 nitrogen and oxygen atoms in total. The number of para-hydroxylation sites is 1. The van der Waals surface area contributed by atoms with Gasteiger partial charge in [-0.05, 0) is 73.4 Å². The van der Waals surface area contributed by atoms with Gasteiger partial charge in [-0.2, -0.15) is 0 Å². The molecule has 5 rings (SSSR count). The first-order chi connectivity index (χ1) is 19.0. The van der Waals surface area contributed by atoms with Crippen LogP contribution in [-0.4, -0.2) is 53.5 Å². The van der Waals surface area contributed by atoms with Crippen molar-refractivity contribution in [1.82, 2.24) is 14.8 Å². The molecule has 0 bridgehead atoms.